The van der Waals surface area contributed by atoms with Gasteiger partial charge in [-0.1, -0.05) is 13.5 Å². The van der Waals surface area contributed by atoms with Gasteiger partial charge in [0.1, 0.15) is 9.84 Å². The van der Waals surface area contributed by atoms with Crippen molar-refractivity contribution in [2.24, 2.45) is 0 Å². The summed E-state index contributed by atoms with van der Waals surface area (Å²) in [5.74, 6) is -0.345. The molecule has 0 aromatic heterocycles. The Balaban J connectivity index is 4.22. The van der Waals surface area contributed by atoms with Gasteiger partial charge in [-0.15, -0.1) is 0 Å². The maximum atomic E-state index is 11.3. The van der Waals surface area contributed by atoms with Crippen molar-refractivity contribution < 1.29 is 17.9 Å². The van der Waals surface area contributed by atoms with E-state index in [4.69, 9.17) is 4.74 Å². The molecule has 0 aromatic carbocycles. The monoisotopic (exact) mass is 263 g/mol. The van der Waals surface area contributed by atoms with Gasteiger partial charge in [-0.2, -0.15) is 0 Å². The van der Waals surface area contributed by atoms with Crippen LogP contribution in [0.1, 0.15) is 13.8 Å². The molecule has 0 amide bonds. The molecule has 0 saturated heterocycles. The minimum Gasteiger partial charge on any atom is -0.463 e. The fourth-order valence-corrected chi connectivity index (χ4v) is 1.80. The van der Waals surface area contributed by atoms with Crippen LogP contribution in [0.15, 0.2) is 12.2 Å². The van der Waals surface area contributed by atoms with E-state index < -0.39 is 15.8 Å². The highest BCUT2D eigenvalue weighted by Crippen LogP contribution is 2.00. The summed E-state index contributed by atoms with van der Waals surface area (Å²) in [6.45, 7) is 8.98. The molecular weight excluding hydrogens is 242 g/mol. The summed E-state index contributed by atoms with van der Waals surface area (Å²) in [7, 11) is -2.98. The van der Waals surface area contributed by atoms with E-state index in [2.05, 4.69) is 6.58 Å². The number of carbonyl (C=O) groups excluding carboxylic acids is 1. The molecule has 0 bridgehead atoms. The molecular formula is C11H21NO4S. The Bertz CT molecular complexity index is 362. The Hall–Kier alpha value is -0.880. The highest BCUT2D eigenvalue weighted by molar-refractivity contribution is 7.90. The smallest absolute Gasteiger partial charge is 0.334 e. The number of ether oxygens (including phenoxy) is 1. The Morgan fingerprint density at radius 3 is 2.35 bits per heavy atom. The molecule has 0 fully saturated rings. The third-order valence-corrected chi connectivity index (χ3v) is 3.13. The molecule has 0 aliphatic rings. The van der Waals surface area contributed by atoms with E-state index in [0.29, 0.717) is 31.8 Å². The van der Waals surface area contributed by atoms with Crippen LogP contribution in [-0.2, 0) is 19.4 Å². The van der Waals surface area contributed by atoms with Crippen LogP contribution in [0.4, 0.5) is 0 Å². The number of sulfone groups is 1. The summed E-state index contributed by atoms with van der Waals surface area (Å²) in [6.07, 6.45) is 1.20. The van der Waals surface area contributed by atoms with Crippen LogP contribution < -0.4 is 0 Å². The highest BCUT2D eigenvalue weighted by Gasteiger charge is 2.13. The van der Waals surface area contributed by atoms with E-state index in [1.807, 2.05) is 11.8 Å². The van der Waals surface area contributed by atoms with Gasteiger partial charge in [-0.3, -0.25) is 4.90 Å². The number of hydrogen-bond acceptors (Lipinski definition) is 5. The lowest BCUT2D eigenvalue weighted by molar-refractivity contribution is -0.138. The van der Waals surface area contributed by atoms with Crippen molar-refractivity contribution in [2.75, 3.05) is 38.2 Å². The quantitative estimate of drug-likeness (QED) is 0.470. The summed E-state index contributed by atoms with van der Waals surface area (Å²) in [5.41, 5.74) is 0.349. The Labute approximate surface area is 103 Å². The topological polar surface area (TPSA) is 63.7 Å². The van der Waals surface area contributed by atoms with Crippen LogP contribution in [-0.4, -0.2) is 57.5 Å². The van der Waals surface area contributed by atoms with E-state index in [1.165, 1.54) is 6.26 Å². The Kier molecular flexibility index (Phi) is 7.06. The van der Waals surface area contributed by atoms with Crippen LogP contribution >= 0.6 is 0 Å². The molecule has 0 spiro atoms. The maximum absolute atomic E-state index is 11.3. The minimum absolute atomic E-state index is 0.0803. The number of nitrogens with zero attached hydrogens (tertiary/aromatic N) is 1. The Morgan fingerprint density at radius 2 is 1.94 bits per heavy atom. The van der Waals surface area contributed by atoms with Gasteiger partial charge < -0.3 is 4.74 Å². The summed E-state index contributed by atoms with van der Waals surface area (Å²) in [4.78, 5) is 13.2. The van der Waals surface area contributed by atoms with Gasteiger partial charge in [0.25, 0.3) is 0 Å². The van der Waals surface area contributed by atoms with E-state index in [-0.39, 0.29) is 5.75 Å². The number of carbonyl (C=O) groups is 1. The SMILES string of the molecule is C=C(CN(CC)CCS(C)(=O)=O)C(=O)OCC. The fraction of sp³-hybridized carbons (Fsp3) is 0.727. The molecule has 100 valence electrons. The number of rotatable bonds is 8. The van der Waals surface area contributed by atoms with Crippen LogP contribution in [0.25, 0.3) is 0 Å². The van der Waals surface area contributed by atoms with Crippen LogP contribution in [0.3, 0.4) is 0 Å². The van der Waals surface area contributed by atoms with Gasteiger partial charge in [-0.05, 0) is 13.5 Å². The van der Waals surface area contributed by atoms with Crippen LogP contribution in [0, 0.1) is 0 Å². The molecule has 0 aromatic rings. The molecule has 6 heteroatoms. The lowest BCUT2D eigenvalue weighted by Crippen LogP contribution is -2.32. The molecule has 5 nitrogen and oxygen atoms in total. The van der Waals surface area contributed by atoms with Crippen molar-refractivity contribution in [3.63, 3.8) is 0 Å². The molecule has 0 atom stereocenters. The standard InChI is InChI=1S/C11H21NO4S/c1-5-12(7-8-17(4,14)15)9-10(3)11(13)16-6-2/h3,5-9H2,1-2,4H3. The highest BCUT2D eigenvalue weighted by atomic mass is 32.2. The molecule has 0 N–H and O–H groups in total. The largest absolute Gasteiger partial charge is 0.463 e. The first kappa shape index (κ1) is 16.1. The zero-order valence-corrected chi connectivity index (χ0v) is 11.5. The normalized spacial score (nSPS) is 11.5. The molecule has 0 heterocycles. The molecule has 0 saturated carbocycles. The lowest BCUT2D eigenvalue weighted by atomic mass is 10.3. The Morgan fingerprint density at radius 1 is 1.35 bits per heavy atom. The predicted molar refractivity (Wildman–Crippen MR) is 67.6 cm³/mol. The fourth-order valence-electron chi connectivity index (χ4n) is 1.21. The third kappa shape index (κ3) is 7.93. The van der Waals surface area contributed by atoms with Gasteiger partial charge in [-0.25, -0.2) is 13.2 Å². The van der Waals surface area contributed by atoms with Gasteiger partial charge >= 0.3 is 5.97 Å². The van der Waals surface area contributed by atoms with Crippen LogP contribution in [0.5, 0.6) is 0 Å². The number of hydrogen-bond donors (Lipinski definition) is 0. The summed E-state index contributed by atoms with van der Waals surface area (Å²) < 4.78 is 26.9. The van der Waals surface area contributed by atoms with Crippen molar-refractivity contribution in [1.82, 2.24) is 4.90 Å². The van der Waals surface area contributed by atoms with Crippen molar-refractivity contribution in [2.45, 2.75) is 13.8 Å². The van der Waals surface area contributed by atoms with Gasteiger partial charge in [0, 0.05) is 24.9 Å². The summed E-state index contributed by atoms with van der Waals surface area (Å²) in [5, 5.41) is 0. The van der Waals surface area contributed by atoms with Gasteiger partial charge in [0.05, 0.1) is 12.4 Å². The zero-order valence-electron chi connectivity index (χ0n) is 10.7. The van der Waals surface area contributed by atoms with Crippen LogP contribution in [0.2, 0.25) is 0 Å². The van der Waals surface area contributed by atoms with Gasteiger partial charge in [0.15, 0.2) is 0 Å². The molecule has 0 aliphatic carbocycles. The van der Waals surface area contributed by atoms with Gasteiger partial charge in [0.2, 0.25) is 0 Å². The first-order chi connectivity index (χ1) is 7.80. The van der Waals surface area contributed by atoms with Crippen molar-refractivity contribution in [3.05, 3.63) is 12.2 Å². The second kappa shape index (κ2) is 7.45. The second-order valence-electron chi connectivity index (χ2n) is 3.82. The van der Waals surface area contributed by atoms with Crippen molar-refractivity contribution in [1.29, 1.82) is 0 Å². The van der Waals surface area contributed by atoms with E-state index in [9.17, 15) is 13.2 Å². The zero-order chi connectivity index (χ0) is 13.5. The third-order valence-electron chi connectivity index (χ3n) is 2.20. The minimum atomic E-state index is -2.98. The molecule has 0 unspecified atom stereocenters. The summed E-state index contributed by atoms with van der Waals surface area (Å²) in [6, 6.07) is 0. The second-order valence-corrected chi connectivity index (χ2v) is 6.08. The average Bonchev–Trinajstić information content (AvgIpc) is 2.22. The molecule has 0 aliphatic heterocycles. The molecule has 17 heavy (non-hydrogen) atoms. The molecule has 0 radical (unpaired) electrons. The van der Waals surface area contributed by atoms with E-state index >= 15 is 0 Å². The maximum Gasteiger partial charge on any atom is 0.334 e. The van der Waals surface area contributed by atoms with Crippen molar-refractivity contribution >= 4 is 15.8 Å². The number of esters is 1. The van der Waals surface area contributed by atoms with Crippen molar-refractivity contribution in [3.8, 4) is 0 Å². The van der Waals surface area contributed by atoms with E-state index in [1.54, 1.807) is 6.92 Å². The predicted octanol–water partition coefficient (Wildman–Crippen LogP) is 0.472. The average molecular weight is 263 g/mol. The lowest BCUT2D eigenvalue weighted by Gasteiger charge is -2.20. The number of likely N-dealkylation sites (N-methyl/N-ethyl adjacent to an activating group) is 1. The molecule has 0 rings (SSSR count). The van der Waals surface area contributed by atoms with E-state index in [0.717, 1.165) is 0 Å². The first-order valence-electron chi connectivity index (χ1n) is 5.55. The first-order valence-corrected chi connectivity index (χ1v) is 7.61. The summed E-state index contributed by atoms with van der Waals surface area (Å²) >= 11 is 0.